The molecule has 1 N–H and O–H groups in total. The average molecular weight is 238 g/mol. The minimum absolute atomic E-state index is 0. The van der Waals surface area contributed by atoms with Crippen molar-refractivity contribution in [2.75, 3.05) is 20.1 Å². The molecular formula is C9H20BrNO. The number of rotatable bonds is 1. The monoisotopic (exact) mass is 237 g/mol. The number of aliphatic hydroxyl groups excluding tert-OH is 1. The van der Waals surface area contributed by atoms with Crippen LogP contribution in [0, 0.1) is 0 Å². The Bertz CT molecular complexity index is 130. The second kappa shape index (κ2) is 4.58. The van der Waals surface area contributed by atoms with Gasteiger partial charge >= 0.3 is 0 Å². The van der Waals surface area contributed by atoms with E-state index in [0.29, 0.717) is 6.04 Å². The maximum Gasteiger partial charge on any atom is 0.0831 e. The van der Waals surface area contributed by atoms with Crippen molar-refractivity contribution in [3.63, 3.8) is 0 Å². The number of nitrogens with zero attached hydrogens (tertiary/aromatic N) is 1. The van der Waals surface area contributed by atoms with Gasteiger partial charge in [0.15, 0.2) is 0 Å². The van der Waals surface area contributed by atoms with Crippen LogP contribution < -0.4 is 17.0 Å². The summed E-state index contributed by atoms with van der Waals surface area (Å²) in [4.78, 5) is 0. The lowest BCUT2D eigenvalue weighted by Crippen LogP contribution is -3.00. The molecule has 12 heavy (non-hydrogen) atoms. The third kappa shape index (κ3) is 2.71. The molecule has 0 spiro atoms. The molecule has 0 radical (unpaired) electrons. The number of likely N-dealkylation sites (tertiary alicyclic amines) is 1. The number of hydrogen-bond acceptors (Lipinski definition) is 1. The van der Waals surface area contributed by atoms with Gasteiger partial charge in [0.2, 0.25) is 0 Å². The first-order chi connectivity index (χ1) is 5.04. The largest absolute Gasteiger partial charge is 1.00 e. The van der Waals surface area contributed by atoms with Crippen molar-refractivity contribution in [2.24, 2.45) is 0 Å². The van der Waals surface area contributed by atoms with Gasteiger partial charge in [0.05, 0.1) is 32.3 Å². The molecule has 0 aromatic carbocycles. The van der Waals surface area contributed by atoms with Crippen molar-refractivity contribution in [1.29, 1.82) is 0 Å². The van der Waals surface area contributed by atoms with Gasteiger partial charge in [-0.2, -0.15) is 0 Å². The molecule has 1 fully saturated rings. The summed E-state index contributed by atoms with van der Waals surface area (Å²) >= 11 is 0. The van der Waals surface area contributed by atoms with Crippen LogP contribution in [0.15, 0.2) is 0 Å². The van der Waals surface area contributed by atoms with Crippen LogP contribution in [0.25, 0.3) is 0 Å². The quantitative estimate of drug-likeness (QED) is 0.524. The van der Waals surface area contributed by atoms with E-state index in [1.165, 1.54) is 0 Å². The Morgan fingerprint density at radius 1 is 1.25 bits per heavy atom. The standard InChI is InChI=1S/C9H20NO.BrH/c1-8(2)10(3)6-4-9(11)5-7-10;/h8-9,11H,4-7H2,1-3H3;1H/q+1;/p-1. The first-order valence-electron chi connectivity index (χ1n) is 4.57. The Labute approximate surface area is 85.9 Å². The van der Waals surface area contributed by atoms with Crippen LogP contribution in [0.1, 0.15) is 26.7 Å². The molecule has 1 aliphatic rings. The zero-order chi connectivity index (χ0) is 8.48. The molecule has 74 valence electrons. The summed E-state index contributed by atoms with van der Waals surface area (Å²) in [5.41, 5.74) is 0. The minimum Gasteiger partial charge on any atom is -1.00 e. The highest BCUT2D eigenvalue weighted by molar-refractivity contribution is 4.62. The van der Waals surface area contributed by atoms with Crippen LogP contribution in [-0.4, -0.2) is 41.9 Å². The smallest absolute Gasteiger partial charge is 0.0831 e. The fourth-order valence-corrected chi connectivity index (χ4v) is 1.66. The van der Waals surface area contributed by atoms with Gasteiger partial charge in [0, 0.05) is 12.8 Å². The third-order valence-electron chi connectivity index (χ3n) is 3.19. The highest BCUT2D eigenvalue weighted by atomic mass is 79.9. The Morgan fingerprint density at radius 3 is 2.00 bits per heavy atom. The molecule has 2 nitrogen and oxygen atoms in total. The number of piperidine rings is 1. The van der Waals surface area contributed by atoms with Crippen LogP contribution in [0.3, 0.4) is 0 Å². The molecule has 1 aliphatic heterocycles. The second-order valence-electron chi connectivity index (χ2n) is 4.25. The molecule has 1 saturated heterocycles. The van der Waals surface area contributed by atoms with Crippen LogP contribution >= 0.6 is 0 Å². The number of aliphatic hydroxyl groups is 1. The van der Waals surface area contributed by atoms with E-state index in [9.17, 15) is 5.11 Å². The van der Waals surface area contributed by atoms with E-state index in [0.717, 1.165) is 30.4 Å². The second-order valence-corrected chi connectivity index (χ2v) is 4.25. The van der Waals surface area contributed by atoms with E-state index < -0.39 is 0 Å². The van der Waals surface area contributed by atoms with E-state index in [-0.39, 0.29) is 23.1 Å². The van der Waals surface area contributed by atoms with E-state index in [1.54, 1.807) is 0 Å². The van der Waals surface area contributed by atoms with E-state index in [4.69, 9.17) is 0 Å². The predicted molar refractivity (Wildman–Crippen MR) is 46.3 cm³/mol. The Hall–Kier alpha value is 0.400. The maximum absolute atomic E-state index is 9.31. The first kappa shape index (κ1) is 12.4. The average Bonchev–Trinajstić information content (AvgIpc) is 1.95. The van der Waals surface area contributed by atoms with E-state index in [2.05, 4.69) is 20.9 Å². The fraction of sp³-hybridized carbons (Fsp3) is 1.00. The summed E-state index contributed by atoms with van der Waals surface area (Å²) in [6.07, 6.45) is 1.93. The highest BCUT2D eigenvalue weighted by Crippen LogP contribution is 2.19. The van der Waals surface area contributed by atoms with Crippen molar-refractivity contribution >= 4 is 0 Å². The Morgan fingerprint density at radius 2 is 1.67 bits per heavy atom. The zero-order valence-electron chi connectivity index (χ0n) is 8.26. The summed E-state index contributed by atoms with van der Waals surface area (Å²) in [5, 5.41) is 9.31. The van der Waals surface area contributed by atoms with Crippen LogP contribution in [-0.2, 0) is 0 Å². The van der Waals surface area contributed by atoms with Crippen molar-refractivity contribution in [3.8, 4) is 0 Å². The lowest BCUT2D eigenvalue weighted by atomic mass is 10.0. The summed E-state index contributed by atoms with van der Waals surface area (Å²) < 4.78 is 1.14. The molecule has 1 heterocycles. The topological polar surface area (TPSA) is 20.2 Å². The van der Waals surface area contributed by atoms with Gasteiger partial charge in [-0.1, -0.05) is 0 Å². The zero-order valence-corrected chi connectivity index (χ0v) is 9.84. The van der Waals surface area contributed by atoms with E-state index in [1.807, 2.05) is 0 Å². The molecule has 1 rings (SSSR count). The molecule has 0 bridgehead atoms. The lowest BCUT2D eigenvalue weighted by Gasteiger charge is -2.42. The van der Waals surface area contributed by atoms with Crippen molar-refractivity contribution in [1.82, 2.24) is 0 Å². The van der Waals surface area contributed by atoms with Gasteiger partial charge in [-0.3, -0.25) is 0 Å². The van der Waals surface area contributed by atoms with Gasteiger partial charge in [0.1, 0.15) is 0 Å². The SMILES string of the molecule is CC(C)[N+]1(C)CCC(O)CC1.[Br-]. The van der Waals surface area contributed by atoms with Crippen molar-refractivity contribution in [3.05, 3.63) is 0 Å². The predicted octanol–water partition coefficient (Wildman–Crippen LogP) is -2.00. The van der Waals surface area contributed by atoms with Crippen LogP contribution in [0.4, 0.5) is 0 Å². The van der Waals surface area contributed by atoms with Gasteiger partial charge < -0.3 is 26.6 Å². The molecule has 0 unspecified atom stereocenters. The van der Waals surface area contributed by atoms with Crippen molar-refractivity contribution in [2.45, 2.75) is 38.8 Å². The molecule has 0 aromatic heterocycles. The van der Waals surface area contributed by atoms with Gasteiger partial charge in [-0.25, -0.2) is 0 Å². The summed E-state index contributed by atoms with van der Waals surface area (Å²) in [7, 11) is 2.29. The normalized spacial score (nSPS) is 36.2. The first-order valence-corrected chi connectivity index (χ1v) is 4.57. The lowest BCUT2D eigenvalue weighted by molar-refractivity contribution is -0.934. The number of halogens is 1. The molecule has 0 aliphatic carbocycles. The number of quaternary nitrogens is 1. The molecule has 0 aromatic rings. The molecule has 0 amide bonds. The summed E-state index contributed by atoms with van der Waals surface area (Å²) in [6.45, 7) is 6.80. The Kier molecular flexibility index (Phi) is 4.74. The molecule has 0 saturated carbocycles. The van der Waals surface area contributed by atoms with Gasteiger partial charge in [0.25, 0.3) is 0 Å². The van der Waals surface area contributed by atoms with Gasteiger partial charge in [-0.05, 0) is 13.8 Å². The number of hydrogen-bond donors (Lipinski definition) is 1. The third-order valence-corrected chi connectivity index (χ3v) is 3.19. The minimum atomic E-state index is -0.0278. The fourth-order valence-electron chi connectivity index (χ4n) is 1.66. The van der Waals surface area contributed by atoms with Crippen LogP contribution in [0.5, 0.6) is 0 Å². The molecular weight excluding hydrogens is 218 g/mol. The Balaban J connectivity index is 0.00000121. The highest BCUT2D eigenvalue weighted by Gasteiger charge is 2.31. The summed E-state index contributed by atoms with van der Waals surface area (Å²) in [6, 6.07) is 0.697. The van der Waals surface area contributed by atoms with E-state index >= 15 is 0 Å². The van der Waals surface area contributed by atoms with Crippen LogP contribution in [0.2, 0.25) is 0 Å². The molecule has 3 heteroatoms. The maximum atomic E-state index is 9.31. The molecule has 0 atom stereocenters. The van der Waals surface area contributed by atoms with Crippen molar-refractivity contribution < 1.29 is 26.6 Å². The van der Waals surface area contributed by atoms with Gasteiger partial charge in [-0.15, -0.1) is 0 Å². The summed E-state index contributed by atoms with van der Waals surface area (Å²) in [5.74, 6) is 0.